The molecule has 0 aliphatic heterocycles. The van der Waals surface area contributed by atoms with Gasteiger partial charge in [0.25, 0.3) is 0 Å². The van der Waals surface area contributed by atoms with E-state index < -0.39 is 6.17 Å². The standard InChI is InChI=1S/C25H26FNO/c1-3-16-28-25-11-7-10-24(27-25)23-15-14-21-17-20(12-13-22(21)18-23)9-6-4-5-8-19(2)26/h3,6-7,9-15,17-19H,1,4-5,8,16H2,2H3/b9-6+. The number of hydrogen-bond donors (Lipinski definition) is 0. The number of rotatable bonds is 9. The van der Waals surface area contributed by atoms with Crippen LogP contribution in [-0.4, -0.2) is 17.8 Å². The summed E-state index contributed by atoms with van der Waals surface area (Å²) < 4.78 is 18.3. The summed E-state index contributed by atoms with van der Waals surface area (Å²) in [6.45, 7) is 5.71. The van der Waals surface area contributed by atoms with Gasteiger partial charge in [0.2, 0.25) is 5.88 Å². The predicted octanol–water partition coefficient (Wildman–Crippen LogP) is 7.01. The summed E-state index contributed by atoms with van der Waals surface area (Å²) in [5.41, 5.74) is 3.10. The number of nitrogens with zero attached hydrogens (tertiary/aromatic N) is 1. The molecule has 3 heteroatoms. The maximum atomic E-state index is 12.8. The Morgan fingerprint density at radius 2 is 1.93 bits per heavy atom. The number of fused-ring (bicyclic) bond motifs is 1. The van der Waals surface area contributed by atoms with Crippen LogP contribution < -0.4 is 4.74 Å². The van der Waals surface area contributed by atoms with Gasteiger partial charge >= 0.3 is 0 Å². The number of alkyl halides is 1. The van der Waals surface area contributed by atoms with Gasteiger partial charge in [-0.3, -0.25) is 0 Å². The van der Waals surface area contributed by atoms with Gasteiger partial charge in [-0.1, -0.05) is 55.1 Å². The van der Waals surface area contributed by atoms with E-state index in [9.17, 15) is 4.39 Å². The first kappa shape index (κ1) is 19.8. The van der Waals surface area contributed by atoms with Crippen LogP contribution in [-0.2, 0) is 0 Å². The van der Waals surface area contributed by atoms with Crippen LogP contribution >= 0.6 is 0 Å². The number of pyridine rings is 1. The van der Waals surface area contributed by atoms with Gasteiger partial charge in [0.15, 0.2) is 0 Å². The van der Waals surface area contributed by atoms with Crippen LogP contribution in [0.3, 0.4) is 0 Å². The van der Waals surface area contributed by atoms with E-state index in [2.05, 4.69) is 60.1 Å². The van der Waals surface area contributed by atoms with E-state index in [-0.39, 0.29) is 0 Å². The molecular formula is C25H26FNO. The lowest BCUT2D eigenvalue weighted by Crippen LogP contribution is -1.96. The monoisotopic (exact) mass is 375 g/mol. The third-order valence-corrected chi connectivity index (χ3v) is 4.52. The molecule has 0 fully saturated rings. The minimum Gasteiger partial charge on any atom is -0.473 e. The fourth-order valence-corrected chi connectivity index (χ4v) is 3.06. The summed E-state index contributed by atoms with van der Waals surface area (Å²) in [4.78, 5) is 4.57. The first-order valence-electron chi connectivity index (χ1n) is 9.71. The maximum absolute atomic E-state index is 12.8. The summed E-state index contributed by atoms with van der Waals surface area (Å²) in [5, 5.41) is 2.35. The molecule has 3 aromatic rings. The first-order valence-corrected chi connectivity index (χ1v) is 9.71. The molecule has 1 aromatic heterocycles. The molecule has 2 aromatic carbocycles. The van der Waals surface area contributed by atoms with Crippen molar-refractivity contribution in [3.63, 3.8) is 0 Å². The molecule has 2 nitrogen and oxygen atoms in total. The molecule has 28 heavy (non-hydrogen) atoms. The highest BCUT2D eigenvalue weighted by atomic mass is 19.1. The lowest BCUT2D eigenvalue weighted by Gasteiger charge is -2.07. The van der Waals surface area contributed by atoms with Crippen molar-refractivity contribution in [3.8, 4) is 17.1 Å². The quantitative estimate of drug-likeness (QED) is 0.296. The Kier molecular flexibility index (Phi) is 6.96. The summed E-state index contributed by atoms with van der Waals surface area (Å²) in [7, 11) is 0. The van der Waals surface area contributed by atoms with E-state index in [0.717, 1.165) is 29.7 Å². The van der Waals surface area contributed by atoms with E-state index in [1.807, 2.05) is 18.2 Å². The van der Waals surface area contributed by atoms with Crippen molar-refractivity contribution < 1.29 is 9.13 Å². The largest absolute Gasteiger partial charge is 0.473 e. The fourth-order valence-electron chi connectivity index (χ4n) is 3.06. The summed E-state index contributed by atoms with van der Waals surface area (Å²) in [5.74, 6) is 0.597. The predicted molar refractivity (Wildman–Crippen MR) is 116 cm³/mol. The maximum Gasteiger partial charge on any atom is 0.214 e. The second-order valence-corrected chi connectivity index (χ2v) is 6.90. The summed E-state index contributed by atoms with van der Waals surface area (Å²) in [6.07, 6.45) is 7.63. The van der Waals surface area contributed by atoms with Crippen molar-refractivity contribution in [1.82, 2.24) is 4.98 Å². The van der Waals surface area contributed by atoms with Crippen LogP contribution in [0.4, 0.5) is 4.39 Å². The van der Waals surface area contributed by atoms with Crippen molar-refractivity contribution in [2.75, 3.05) is 6.61 Å². The second kappa shape index (κ2) is 9.84. The van der Waals surface area contributed by atoms with Gasteiger partial charge in [-0.15, -0.1) is 0 Å². The Labute approximate surface area is 166 Å². The molecule has 1 unspecified atom stereocenters. The van der Waals surface area contributed by atoms with Crippen molar-refractivity contribution in [1.29, 1.82) is 0 Å². The first-order chi connectivity index (χ1) is 13.7. The Bertz CT molecular complexity index is 962. The van der Waals surface area contributed by atoms with E-state index >= 15 is 0 Å². The third-order valence-electron chi connectivity index (χ3n) is 4.52. The highest BCUT2D eigenvalue weighted by Crippen LogP contribution is 2.25. The molecule has 0 bridgehead atoms. The summed E-state index contributed by atoms with van der Waals surface area (Å²) >= 11 is 0. The minimum atomic E-state index is -0.716. The molecule has 0 spiro atoms. The number of benzene rings is 2. The number of ether oxygens (including phenoxy) is 1. The van der Waals surface area contributed by atoms with E-state index in [1.165, 1.54) is 10.8 Å². The van der Waals surface area contributed by atoms with Gasteiger partial charge in [0.05, 0.1) is 11.9 Å². The smallest absolute Gasteiger partial charge is 0.214 e. The van der Waals surface area contributed by atoms with Gasteiger partial charge in [0.1, 0.15) is 6.61 Å². The van der Waals surface area contributed by atoms with Gasteiger partial charge in [-0.2, -0.15) is 0 Å². The lowest BCUT2D eigenvalue weighted by molar-refractivity contribution is 0.335. The molecule has 0 aliphatic carbocycles. The van der Waals surface area contributed by atoms with Crippen LogP contribution in [0.15, 0.2) is 73.3 Å². The zero-order chi connectivity index (χ0) is 19.8. The van der Waals surface area contributed by atoms with Gasteiger partial charge in [0, 0.05) is 11.6 Å². The Hall–Kier alpha value is -2.94. The SMILES string of the molecule is C=CCOc1cccc(-c2ccc3cc(/C=C/CCCC(C)F)ccc3c2)n1. The molecule has 0 aliphatic rings. The molecule has 1 heterocycles. The molecule has 0 saturated carbocycles. The Morgan fingerprint density at radius 1 is 1.11 bits per heavy atom. The third kappa shape index (κ3) is 5.53. The normalized spacial score (nSPS) is 12.4. The van der Waals surface area contributed by atoms with Gasteiger partial charge in [-0.25, -0.2) is 9.37 Å². The zero-order valence-electron chi connectivity index (χ0n) is 16.3. The molecule has 1 atom stereocenters. The van der Waals surface area contributed by atoms with Crippen LogP contribution in [0.2, 0.25) is 0 Å². The lowest BCUT2D eigenvalue weighted by atomic mass is 10.0. The average Bonchev–Trinajstić information content (AvgIpc) is 2.71. The highest BCUT2D eigenvalue weighted by Gasteiger charge is 2.04. The molecule has 144 valence electrons. The van der Waals surface area contributed by atoms with Crippen molar-refractivity contribution >= 4 is 16.8 Å². The van der Waals surface area contributed by atoms with Gasteiger partial charge in [-0.05, 0) is 60.7 Å². The number of aromatic nitrogens is 1. The summed E-state index contributed by atoms with van der Waals surface area (Å²) in [6, 6.07) is 18.5. The van der Waals surface area contributed by atoms with Crippen LogP contribution in [0.1, 0.15) is 31.7 Å². The van der Waals surface area contributed by atoms with Crippen molar-refractivity contribution in [2.45, 2.75) is 32.4 Å². The molecular weight excluding hydrogens is 349 g/mol. The van der Waals surface area contributed by atoms with Crippen molar-refractivity contribution in [2.24, 2.45) is 0 Å². The van der Waals surface area contributed by atoms with Crippen LogP contribution in [0, 0.1) is 0 Å². The Morgan fingerprint density at radius 3 is 2.75 bits per heavy atom. The Balaban J connectivity index is 1.74. The molecule has 3 rings (SSSR count). The topological polar surface area (TPSA) is 22.1 Å². The van der Waals surface area contributed by atoms with Gasteiger partial charge < -0.3 is 4.74 Å². The molecule has 0 N–H and O–H groups in total. The number of allylic oxidation sites excluding steroid dienone is 1. The molecule has 0 saturated heterocycles. The van der Waals surface area contributed by atoms with Crippen LogP contribution in [0.25, 0.3) is 28.1 Å². The van der Waals surface area contributed by atoms with E-state index in [4.69, 9.17) is 4.74 Å². The second-order valence-electron chi connectivity index (χ2n) is 6.90. The fraction of sp³-hybridized carbons (Fsp3) is 0.240. The van der Waals surface area contributed by atoms with E-state index in [0.29, 0.717) is 18.9 Å². The minimum absolute atomic E-state index is 0.442. The molecule has 0 radical (unpaired) electrons. The highest BCUT2D eigenvalue weighted by molar-refractivity contribution is 5.88. The zero-order valence-corrected chi connectivity index (χ0v) is 16.3. The van der Waals surface area contributed by atoms with Crippen LogP contribution in [0.5, 0.6) is 5.88 Å². The number of hydrogen-bond acceptors (Lipinski definition) is 2. The average molecular weight is 375 g/mol. The van der Waals surface area contributed by atoms with E-state index in [1.54, 1.807) is 13.0 Å². The number of halogens is 1. The van der Waals surface area contributed by atoms with Crippen molar-refractivity contribution in [3.05, 3.63) is 78.9 Å². The number of unbranched alkanes of at least 4 members (excludes halogenated alkanes) is 1. The molecule has 0 amide bonds.